The van der Waals surface area contributed by atoms with Crippen LogP contribution in [0.3, 0.4) is 0 Å². The summed E-state index contributed by atoms with van der Waals surface area (Å²) in [6.45, 7) is 0. The summed E-state index contributed by atoms with van der Waals surface area (Å²) in [4.78, 5) is 0. The van der Waals surface area contributed by atoms with E-state index in [2.05, 4.69) is 226 Å². The maximum atomic E-state index is 2.50. The van der Waals surface area contributed by atoms with Crippen LogP contribution < -0.4 is 0 Å². The first-order chi connectivity index (χ1) is 28.3. The van der Waals surface area contributed by atoms with Crippen LogP contribution in [-0.4, -0.2) is 13.7 Å². The zero-order valence-corrected chi connectivity index (χ0v) is 31.0. The Hall–Kier alpha value is -7.62. The van der Waals surface area contributed by atoms with Crippen molar-refractivity contribution in [3.8, 4) is 39.3 Å². The van der Waals surface area contributed by atoms with Crippen LogP contribution in [0.1, 0.15) is 0 Å². The summed E-state index contributed by atoms with van der Waals surface area (Å²) >= 11 is 0. The van der Waals surface area contributed by atoms with Crippen molar-refractivity contribution in [3.05, 3.63) is 212 Å². The summed E-state index contributed by atoms with van der Waals surface area (Å²) < 4.78 is 7.33. The molecule has 12 rings (SSSR count). The molecule has 57 heavy (non-hydrogen) atoms. The fourth-order valence-corrected chi connectivity index (χ4v) is 9.48. The van der Waals surface area contributed by atoms with E-state index < -0.39 is 0 Å². The van der Waals surface area contributed by atoms with E-state index in [1.807, 2.05) is 0 Å². The Morgan fingerprint density at radius 3 is 1.33 bits per heavy atom. The van der Waals surface area contributed by atoms with E-state index in [4.69, 9.17) is 0 Å². The van der Waals surface area contributed by atoms with Gasteiger partial charge in [-0.3, -0.25) is 0 Å². The van der Waals surface area contributed by atoms with E-state index in [1.54, 1.807) is 0 Å². The van der Waals surface area contributed by atoms with Gasteiger partial charge in [0.05, 0.1) is 38.8 Å². The first-order valence-electron chi connectivity index (χ1n) is 19.6. The Morgan fingerprint density at radius 1 is 0.246 bits per heavy atom. The summed E-state index contributed by atoms with van der Waals surface area (Å²) in [6.07, 6.45) is 0. The first kappa shape index (κ1) is 31.7. The third-order valence-electron chi connectivity index (χ3n) is 11.8. The normalized spacial score (nSPS) is 11.9. The number of fused-ring (bicyclic) bond motifs is 10. The fourth-order valence-electron chi connectivity index (χ4n) is 9.48. The van der Waals surface area contributed by atoms with E-state index in [9.17, 15) is 0 Å². The lowest BCUT2D eigenvalue weighted by atomic mass is 9.91. The van der Waals surface area contributed by atoms with Gasteiger partial charge in [-0.15, -0.1) is 0 Å². The van der Waals surface area contributed by atoms with Gasteiger partial charge in [0, 0.05) is 49.3 Å². The lowest BCUT2D eigenvalue weighted by molar-refractivity contribution is 1.17. The summed E-state index contributed by atoms with van der Waals surface area (Å²) in [5, 5.41) is 7.52. The zero-order chi connectivity index (χ0) is 37.5. The number of hydrogen-bond acceptors (Lipinski definition) is 0. The number of hydrogen-bond donors (Lipinski definition) is 0. The minimum atomic E-state index is 1.15. The molecular formula is C54H35N3. The molecule has 3 aromatic heterocycles. The van der Waals surface area contributed by atoms with Crippen LogP contribution in [-0.2, 0) is 0 Å². The van der Waals surface area contributed by atoms with Crippen molar-refractivity contribution in [2.45, 2.75) is 0 Å². The van der Waals surface area contributed by atoms with Gasteiger partial charge in [0.15, 0.2) is 0 Å². The van der Waals surface area contributed by atoms with Gasteiger partial charge in [0.2, 0.25) is 0 Å². The Labute approximate surface area is 329 Å². The lowest BCUT2D eigenvalue weighted by Gasteiger charge is -2.18. The smallest absolute Gasteiger partial charge is 0.0549 e. The van der Waals surface area contributed by atoms with Crippen LogP contribution in [0.25, 0.3) is 105 Å². The second-order valence-electron chi connectivity index (χ2n) is 14.9. The molecule has 0 saturated carbocycles. The third-order valence-corrected chi connectivity index (χ3v) is 11.8. The largest absolute Gasteiger partial charge is 0.309 e. The van der Waals surface area contributed by atoms with Crippen molar-refractivity contribution >= 4 is 65.4 Å². The van der Waals surface area contributed by atoms with Gasteiger partial charge < -0.3 is 13.7 Å². The molecule has 0 spiro atoms. The predicted octanol–water partition coefficient (Wildman–Crippen LogP) is 14.3. The molecule has 12 aromatic rings. The number of nitrogens with zero attached hydrogens (tertiary/aromatic N) is 3. The number of para-hydroxylation sites is 6. The van der Waals surface area contributed by atoms with Crippen LogP contribution in [0.4, 0.5) is 0 Å². The molecule has 0 fully saturated rings. The molecule has 3 heterocycles. The number of aromatic nitrogens is 3. The monoisotopic (exact) mass is 725 g/mol. The highest BCUT2D eigenvalue weighted by molar-refractivity contribution is 6.29. The SMILES string of the molecule is c1ccc(-c2cc3c(cc2-c2ccccc2-n2c4ccccc4c4c5c6ccccc6n(-c6ccccc6)c5ccc42)c2ccccc2n3-c2ccccc2)cc1. The van der Waals surface area contributed by atoms with Crippen molar-refractivity contribution in [2.24, 2.45) is 0 Å². The van der Waals surface area contributed by atoms with Gasteiger partial charge in [-0.25, -0.2) is 0 Å². The van der Waals surface area contributed by atoms with E-state index in [1.165, 1.54) is 87.7 Å². The molecule has 3 heteroatoms. The van der Waals surface area contributed by atoms with Crippen molar-refractivity contribution in [1.82, 2.24) is 13.7 Å². The molecule has 0 unspecified atom stereocenters. The zero-order valence-electron chi connectivity index (χ0n) is 31.0. The average molecular weight is 726 g/mol. The molecule has 3 nitrogen and oxygen atoms in total. The molecule has 0 atom stereocenters. The topological polar surface area (TPSA) is 14.8 Å². The maximum absolute atomic E-state index is 2.50. The molecule has 0 aliphatic heterocycles. The second-order valence-corrected chi connectivity index (χ2v) is 14.9. The Morgan fingerprint density at radius 2 is 0.702 bits per heavy atom. The standard InChI is InChI=1S/C54H35N3/c1-4-18-36(19-5-1)43-35-52-45(40-25-11-14-28-46(40)56(52)38-22-8-3-9-23-38)34-44(43)39-24-10-15-29-47(39)57-49-31-17-13-27-42(49)54-51(57)33-32-50-53(54)41-26-12-16-30-48(41)55(50)37-20-6-2-7-21-37/h1-35H. The van der Waals surface area contributed by atoms with Gasteiger partial charge in [-0.1, -0.05) is 140 Å². The maximum Gasteiger partial charge on any atom is 0.0549 e. The Balaban J connectivity index is 1.19. The van der Waals surface area contributed by atoms with Crippen LogP contribution in [0.2, 0.25) is 0 Å². The quantitative estimate of drug-likeness (QED) is 0.168. The van der Waals surface area contributed by atoms with Crippen molar-refractivity contribution in [2.75, 3.05) is 0 Å². The minimum absolute atomic E-state index is 1.15. The molecule has 0 aliphatic rings. The number of benzene rings is 9. The molecular weight excluding hydrogens is 691 g/mol. The highest BCUT2D eigenvalue weighted by Gasteiger charge is 2.23. The van der Waals surface area contributed by atoms with E-state index in [0.717, 1.165) is 17.1 Å². The molecule has 9 aromatic carbocycles. The van der Waals surface area contributed by atoms with E-state index in [-0.39, 0.29) is 0 Å². The van der Waals surface area contributed by atoms with Gasteiger partial charge in [-0.05, 0) is 89.5 Å². The van der Waals surface area contributed by atoms with Crippen molar-refractivity contribution in [1.29, 1.82) is 0 Å². The van der Waals surface area contributed by atoms with Crippen LogP contribution >= 0.6 is 0 Å². The van der Waals surface area contributed by atoms with Crippen LogP contribution in [0.5, 0.6) is 0 Å². The molecule has 266 valence electrons. The minimum Gasteiger partial charge on any atom is -0.309 e. The lowest BCUT2D eigenvalue weighted by Crippen LogP contribution is -1.99. The molecule has 0 saturated heterocycles. The van der Waals surface area contributed by atoms with E-state index >= 15 is 0 Å². The number of rotatable bonds is 5. The first-order valence-corrected chi connectivity index (χ1v) is 19.6. The second kappa shape index (κ2) is 12.5. The average Bonchev–Trinajstić information content (AvgIpc) is 3.92. The third kappa shape index (κ3) is 4.66. The summed E-state index contributed by atoms with van der Waals surface area (Å²) in [5.41, 5.74) is 15.4. The fraction of sp³-hybridized carbons (Fsp3) is 0. The molecule has 0 N–H and O–H groups in total. The van der Waals surface area contributed by atoms with Gasteiger partial charge in [-0.2, -0.15) is 0 Å². The highest BCUT2D eigenvalue weighted by atomic mass is 15.0. The van der Waals surface area contributed by atoms with Crippen molar-refractivity contribution < 1.29 is 0 Å². The molecule has 0 amide bonds. The Bertz CT molecular complexity index is 3500. The van der Waals surface area contributed by atoms with Gasteiger partial charge in [0.25, 0.3) is 0 Å². The Kier molecular flexibility index (Phi) is 6.93. The van der Waals surface area contributed by atoms with Gasteiger partial charge in [0.1, 0.15) is 0 Å². The molecule has 0 aliphatic carbocycles. The van der Waals surface area contributed by atoms with Crippen LogP contribution in [0.15, 0.2) is 212 Å². The highest BCUT2D eigenvalue weighted by Crippen LogP contribution is 2.46. The summed E-state index contributed by atoms with van der Waals surface area (Å²) in [6, 6.07) is 77.4. The van der Waals surface area contributed by atoms with Crippen molar-refractivity contribution in [3.63, 3.8) is 0 Å². The van der Waals surface area contributed by atoms with Crippen LogP contribution in [0, 0.1) is 0 Å². The van der Waals surface area contributed by atoms with E-state index in [0.29, 0.717) is 0 Å². The summed E-state index contributed by atoms with van der Waals surface area (Å²) in [7, 11) is 0. The predicted molar refractivity (Wildman–Crippen MR) is 240 cm³/mol. The van der Waals surface area contributed by atoms with Gasteiger partial charge >= 0.3 is 0 Å². The molecule has 0 bridgehead atoms. The molecule has 0 radical (unpaired) electrons. The summed E-state index contributed by atoms with van der Waals surface area (Å²) in [5.74, 6) is 0.